The molecule has 0 bridgehead atoms. The summed E-state index contributed by atoms with van der Waals surface area (Å²) in [5, 5.41) is 1.34. The Bertz CT molecular complexity index is 533. The first-order valence-corrected chi connectivity index (χ1v) is 7.32. The van der Waals surface area contributed by atoms with Gasteiger partial charge < -0.3 is 4.57 Å². The van der Waals surface area contributed by atoms with Gasteiger partial charge in [-0.3, -0.25) is 0 Å². The zero-order valence-corrected chi connectivity index (χ0v) is 13.8. The Labute approximate surface area is 118 Å². The second-order valence-electron chi connectivity index (χ2n) is 6.88. The predicted octanol–water partition coefficient (Wildman–Crippen LogP) is 5.72. The van der Waals surface area contributed by atoms with Gasteiger partial charge in [0.15, 0.2) is 0 Å². The molecular formula is C18H29N. The molecule has 0 aliphatic carbocycles. The largest absolute Gasteiger partial charge is 0.342 e. The van der Waals surface area contributed by atoms with Gasteiger partial charge in [-0.05, 0) is 55.3 Å². The van der Waals surface area contributed by atoms with E-state index in [4.69, 9.17) is 0 Å². The number of nitrogens with zero attached hydrogens (tertiary/aromatic N) is 1. The van der Waals surface area contributed by atoms with Crippen molar-refractivity contribution < 1.29 is 0 Å². The van der Waals surface area contributed by atoms with Gasteiger partial charge in [-0.1, -0.05) is 40.7 Å². The first kappa shape index (κ1) is 15.8. The number of benzene rings is 1. The third kappa shape index (κ3) is 3.40. The van der Waals surface area contributed by atoms with Crippen molar-refractivity contribution >= 4 is 10.9 Å². The molecule has 0 spiro atoms. The van der Waals surface area contributed by atoms with E-state index in [1.54, 1.807) is 0 Å². The fourth-order valence-electron chi connectivity index (χ4n) is 2.19. The van der Waals surface area contributed by atoms with Crippen molar-refractivity contribution in [1.29, 1.82) is 0 Å². The number of hydrogen-bond acceptors (Lipinski definition) is 0. The quantitative estimate of drug-likeness (QED) is 0.570. The SMILES string of the molecule is CC.CC(C)(C)c1ccc2c(ccn2C(C)(C)C)c1. The molecule has 1 heteroatoms. The van der Waals surface area contributed by atoms with Crippen LogP contribution in [0.5, 0.6) is 0 Å². The van der Waals surface area contributed by atoms with E-state index in [9.17, 15) is 0 Å². The Morgan fingerprint density at radius 2 is 1.42 bits per heavy atom. The van der Waals surface area contributed by atoms with Crippen molar-refractivity contribution in [2.45, 2.75) is 66.3 Å². The van der Waals surface area contributed by atoms with E-state index in [0.717, 1.165) is 0 Å². The van der Waals surface area contributed by atoms with Crippen LogP contribution in [-0.4, -0.2) is 4.57 Å². The van der Waals surface area contributed by atoms with Crippen LogP contribution in [-0.2, 0) is 11.0 Å². The van der Waals surface area contributed by atoms with Gasteiger partial charge in [0, 0.05) is 17.3 Å². The second-order valence-corrected chi connectivity index (χ2v) is 6.88. The van der Waals surface area contributed by atoms with Gasteiger partial charge in [-0.15, -0.1) is 0 Å². The zero-order chi connectivity index (χ0) is 14.8. The molecule has 106 valence electrons. The van der Waals surface area contributed by atoms with Crippen LogP contribution in [0.25, 0.3) is 10.9 Å². The summed E-state index contributed by atoms with van der Waals surface area (Å²) >= 11 is 0. The van der Waals surface area contributed by atoms with E-state index < -0.39 is 0 Å². The summed E-state index contributed by atoms with van der Waals surface area (Å²) < 4.78 is 2.34. The first-order valence-electron chi connectivity index (χ1n) is 7.32. The summed E-state index contributed by atoms with van der Waals surface area (Å²) in [5.74, 6) is 0. The number of aromatic nitrogens is 1. The highest BCUT2D eigenvalue weighted by Crippen LogP contribution is 2.29. The van der Waals surface area contributed by atoms with Crippen LogP contribution in [0.3, 0.4) is 0 Å². The average molecular weight is 259 g/mol. The molecule has 2 rings (SSSR count). The highest BCUT2D eigenvalue weighted by atomic mass is 15.0. The molecule has 1 aromatic heterocycles. The van der Waals surface area contributed by atoms with Crippen molar-refractivity contribution in [3.05, 3.63) is 36.0 Å². The highest BCUT2D eigenvalue weighted by molar-refractivity contribution is 5.81. The van der Waals surface area contributed by atoms with Crippen molar-refractivity contribution in [2.75, 3.05) is 0 Å². The Morgan fingerprint density at radius 1 is 0.842 bits per heavy atom. The molecule has 0 aliphatic heterocycles. The van der Waals surface area contributed by atoms with Gasteiger partial charge in [0.1, 0.15) is 0 Å². The predicted molar refractivity (Wildman–Crippen MR) is 87.0 cm³/mol. The third-order valence-corrected chi connectivity index (χ3v) is 3.28. The molecule has 1 nitrogen and oxygen atoms in total. The maximum absolute atomic E-state index is 2.34. The van der Waals surface area contributed by atoms with Crippen LogP contribution in [0.2, 0.25) is 0 Å². The lowest BCUT2D eigenvalue weighted by Crippen LogP contribution is -2.20. The second kappa shape index (κ2) is 5.40. The summed E-state index contributed by atoms with van der Waals surface area (Å²) in [7, 11) is 0. The number of fused-ring (bicyclic) bond motifs is 1. The fourth-order valence-corrected chi connectivity index (χ4v) is 2.19. The molecular weight excluding hydrogens is 230 g/mol. The van der Waals surface area contributed by atoms with Gasteiger partial charge in [0.05, 0.1) is 0 Å². The van der Waals surface area contributed by atoms with E-state index in [-0.39, 0.29) is 11.0 Å². The van der Waals surface area contributed by atoms with Crippen LogP contribution in [0.15, 0.2) is 30.5 Å². The molecule has 0 saturated carbocycles. The van der Waals surface area contributed by atoms with E-state index >= 15 is 0 Å². The average Bonchev–Trinajstić information content (AvgIpc) is 2.72. The van der Waals surface area contributed by atoms with Gasteiger partial charge in [0.2, 0.25) is 0 Å². The Balaban J connectivity index is 0.000000861. The number of hydrogen-bond donors (Lipinski definition) is 0. The van der Waals surface area contributed by atoms with Crippen molar-refractivity contribution in [1.82, 2.24) is 4.57 Å². The molecule has 0 radical (unpaired) electrons. The van der Waals surface area contributed by atoms with Crippen LogP contribution >= 0.6 is 0 Å². The lowest BCUT2D eigenvalue weighted by molar-refractivity contribution is 0.411. The molecule has 1 aromatic carbocycles. The smallest absolute Gasteiger partial charge is 0.0485 e. The van der Waals surface area contributed by atoms with E-state index in [1.807, 2.05) is 13.8 Å². The zero-order valence-electron chi connectivity index (χ0n) is 13.8. The highest BCUT2D eigenvalue weighted by Gasteiger charge is 2.17. The molecule has 0 amide bonds. The van der Waals surface area contributed by atoms with Crippen molar-refractivity contribution in [3.8, 4) is 0 Å². The lowest BCUT2D eigenvalue weighted by atomic mass is 9.86. The monoisotopic (exact) mass is 259 g/mol. The fraction of sp³-hybridized carbons (Fsp3) is 0.556. The van der Waals surface area contributed by atoms with Gasteiger partial charge in [-0.25, -0.2) is 0 Å². The standard InChI is InChI=1S/C16H23N.C2H6/c1-15(2,3)13-7-8-14-12(11-13)9-10-17(14)16(4,5)6;1-2/h7-11H,1-6H3;1-2H3. The van der Waals surface area contributed by atoms with Crippen molar-refractivity contribution in [2.24, 2.45) is 0 Å². The molecule has 0 aliphatic rings. The van der Waals surface area contributed by atoms with Gasteiger partial charge in [0.25, 0.3) is 0 Å². The minimum Gasteiger partial charge on any atom is -0.342 e. The minimum absolute atomic E-state index is 0.144. The summed E-state index contributed by atoms with van der Waals surface area (Å²) in [6, 6.07) is 9.04. The van der Waals surface area contributed by atoms with E-state index in [1.165, 1.54) is 16.5 Å². The topological polar surface area (TPSA) is 4.93 Å². The Kier molecular flexibility index (Phi) is 4.50. The van der Waals surface area contributed by atoms with E-state index in [0.29, 0.717) is 0 Å². The van der Waals surface area contributed by atoms with E-state index in [2.05, 4.69) is 76.6 Å². The summed E-state index contributed by atoms with van der Waals surface area (Å²) in [5.41, 5.74) is 3.09. The first-order chi connectivity index (χ1) is 8.69. The normalized spacial score (nSPS) is 12.2. The molecule has 0 atom stereocenters. The Morgan fingerprint density at radius 3 is 1.89 bits per heavy atom. The molecule has 19 heavy (non-hydrogen) atoms. The molecule has 1 heterocycles. The molecule has 0 unspecified atom stereocenters. The van der Waals surface area contributed by atoms with Crippen LogP contribution in [0, 0.1) is 0 Å². The van der Waals surface area contributed by atoms with Crippen molar-refractivity contribution in [3.63, 3.8) is 0 Å². The Hall–Kier alpha value is -1.24. The molecule has 0 saturated heterocycles. The molecule has 2 aromatic rings. The van der Waals surface area contributed by atoms with Crippen LogP contribution in [0.1, 0.15) is 61.0 Å². The maximum atomic E-state index is 2.34. The summed E-state index contributed by atoms with van der Waals surface area (Å²) in [4.78, 5) is 0. The molecule has 0 fully saturated rings. The number of rotatable bonds is 0. The maximum Gasteiger partial charge on any atom is 0.0485 e. The summed E-state index contributed by atoms with van der Waals surface area (Å²) in [6.45, 7) is 17.5. The van der Waals surface area contributed by atoms with Crippen LogP contribution < -0.4 is 0 Å². The lowest BCUT2D eigenvalue weighted by Gasteiger charge is -2.23. The minimum atomic E-state index is 0.144. The van der Waals surface area contributed by atoms with Gasteiger partial charge >= 0.3 is 0 Å². The summed E-state index contributed by atoms with van der Waals surface area (Å²) in [6.07, 6.45) is 2.19. The van der Waals surface area contributed by atoms with Gasteiger partial charge in [-0.2, -0.15) is 0 Å². The van der Waals surface area contributed by atoms with Crippen LogP contribution in [0.4, 0.5) is 0 Å². The third-order valence-electron chi connectivity index (χ3n) is 3.28. The molecule has 0 N–H and O–H groups in total.